The van der Waals surface area contributed by atoms with E-state index in [4.69, 9.17) is 16.3 Å². The first-order valence-corrected chi connectivity index (χ1v) is 8.89. The Labute approximate surface area is 154 Å². The number of unbranched alkanes of at least 4 members (excludes halogenated alkanes) is 1. The van der Waals surface area contributed by atoms with Crippen LogP contribution in [0.15, 0.2) is 42.5 Å². The van der Waals surface area contributed by atoms with Gasteiger partial charge in [-0.3, -0.25) is 0 Å². The number of halogens is 1. The topological polar surface area (TPSA) is 50.4 Å². The van der Waals surface area contributed by atoms with Crippen molar-refractivity contribution in [2.75, 3.05) is 13.3 Å². The number of carbonyl (C=O) groups excluding carboxylic acids is 1. The third kappa shape index (κ3) is 6.67. The minimum absolute atomic E-state index is 0.121. The Kier molecular flexibility index (Phi) is 7.61. The number of hydrogen-bond acceptors (Lipinski definition) is 2. The largest absolute Gasteiger partial charge is 0.473 e. The second-order valence-electron chi connectivity index (χ2n) is 6.04. The summed E-state index contributed by atoms with van der Waals surface area (Å²) in [5.41, 5.74) is 3.24. The number of benzene rings is 2. The lowest BCUT2D eigenvalue weighted by Crippen LogP contribution is -2.38. The van der Waals surface area contributed by atoms with Crippen LogP contribution in [0.25, 0.3) is 0 Å². The molecule has 0 saturated heterocycles. The Balaban J connectivity index is 1.58. The molecule has 0 atom stereocenters. The van der Waals surface area contributed by atoms with Crippen LogP contribution < -0.4 is 15.4 Å². The van der Waals surface area contributed by atoms with Crippen LogP contribution in [0.3, 0.4) is 0 Å². The van der Waals surface area contributed by atoms with Crippen LogP contribution in [-0.2, 0) is 6.42 Å². The molecule has 134 valence electrons. The summed E-state index contributed by atoms with van der Waals surface area (Å²) < 4.78 is 5.55. The van der Waals surface area contributed by atoms with Gasteiger partial charge in [-0.2, -0.15) is 0 Å². The molecule has 0 unspecified atom stereocenters. The van der Waals surface area contributed by atoms with Crippen molar-refractivity contribution in [3.8, 4) is 5.75 Å². The molecule has 2 rings (SSSR count). The number of carbonyl (C=O) groups is 1. The summed E-state index contributed by atoms with van der Waals surface area (Å²) in [6, 6.07) is 13.9. The Bertz CT molecular complexity index is 666. The molecular weight excluding hydrogens is 336 g/mol. The number of aryl methyl sites for hydroxylation is 3. The first-order valence-electron chi connectivity index (χ1n) is 8.51. The molecule has 2 N–H and O–H groups in total. The highest BCUT2D eigenvalue weighted by Crippen LogP contribution is 2.25. The van der Waals surface area contributed by atoms with E-state index >= 15 is 0 Å². The molecule has 0 radical (unpaired) electrons. The molecule has 0 aliphatic rings. The highest BCUT2D eigenvalue weighted by atomic mass is 35.5. The summed E-state index contributed by atoms with van der Waals surface area (Å²) in [6.45, 7) is 4.63. The van der Waals surface area contributed by atoms with Crippen molar-refractivity contribution in [2.45, 2.75) is 33.1 Å². The van der Waals surface area contributed by atoms with E-state index < -0.39 is 0 Å². The van der Waals surface area contributed by atoms with Gasteiger partial charge in [0.25, 0.3) is 0 Å². The van der Waals surface area contributed by atoms with E-state index in [2.05, 4.69) is 22.8 Å². The number of nitrogens with one attached hydrogen (secondary N) is 2. The van der Waals surface area contributed by atoms with Gasteiger partial charge in [-0.15, -0.1) is 0 Å². The smallest absolute Gasteiger partial charge is 0.317 e. The molecule has 4 nitrogen and oxygen atoms in total. The van der Waals surface area contributed by atoms with Gasteiger partial charge < -0.3 is 15.4 Å². The predicted molar refractivity (Wildman–Crippen MR) is 102 cm³/mol. The molecule has 0 bridgehead atoms. The second-order valence-corrected chi connectivity index (χ2v) is 6.41. The van der Waals surface area contributed by atoms with Crippen molar-refractivity contribution in [2.24, 2.45) is 0 Å². The van der Waals surface area contributed by atoms with Crippen LogP contribution in [0.4, 0.5) is 4.79 Å². The molecule has 0 spiro atoms. The van der Waals surface area contributed by atoms with E-state index in [-0.39, 0.29) is 12.8 Å². The van der Waals surface area contributed by atoms with Crippen LogP contribution in [0.1, 0.15) is 29.5 Å². The quantitative estimate of drug-likeness (QED) is 0.533. The number of rotatable bonds is 8. The van der Waals surface area contributed by atoms with Crippen molar-refractivity contribution < 1.29 is 9.53 Å². The third-order valence-electron chi connectivity index (χ3n) is 3.90. The van der Waals surface area contributed by atoms with E-state index in [9.17, 15) is 4.79 Å². The summed E-state index contributed by atoms with van der Waals surface area (Å²) in [5, 5.41) is 6.27. The maximum absolute atomic E-state index is 11.7. The second kappa shape index (κ2) is 9.94. The first-order chi connectivity index (χ1) is 12.1. The van der Waals surface area contributed by atoms with Crippen LogP contribution >= 0.6 is 11.6 Å². The molecule has 2 aromatic rings. The molecule has 25 heavy (non-hydrogen) atoms. The average molecular weight is 361 g/mol. The van der Waals surface area contributed by atoms with Gasteiger partial charge in [-0.1, -0.05) is 41.9 Å². The van der Waals surface area contributed by atoms with Gasteiger partial charge in [0.2, 0.25) is 0 Å². The Morgan fingerprint density at radius 3 is 2.40 bits per heavy atom. The van der Waals surface area contributed by atoms with Crippen molar-refractivity contribution in [1.29, 1.82) is 0 Å². The molecule has 2 aromatic carbocycles. The molecule has 0 aromatic heterocycles. The zero-order valence-electron chi connectivity index (χ0n) is 14.8. The van der Waals surface area contributed by atoms with Crippen molar-refractivity contribution in [3.63, 3.8) is 0 Å². The standard InChI is InChI=1S/C20H25ClN2O2/c1-15-12-18(13-16(2)19(15)21)25-14-23-20(24)22-11-7-6-10-17-8-4-3-5-9-17/h3-5,8-9,12-13H,6-7,10-11,14H2,1-2H3,(H2,22,23,24). The molecule has 0 heterocycles. The molecule has 5 heteroatoms. The van der Waals surface area contributed by atoms with Crippen LogP contribution in [-0.4, -0.2) is 19.3 Å². The van der Waals surface area contributed by atoms with E-state index in [1.54, 1.807) is 0 Å². The lowest BCUT2D eigenvalue weighted by molar-refractivity contribution is 0.224. The summed E-state index contributed by atoms with van der Waals surface area (Å²) in [4.78, 5) is 11.7. The van der Waals surface area contributed by atoms with Crippen molar-refractivity contribution in [3.05, 3.63) is 64.2 Å². The molecule has 2 amide bonds. The predicted octanol–water partition coefficient (Wildman–Crippen LogP) is 4.62. The third-order valence-corrected chi connectivity index (χ3v) is 4.50. The Morgan fingerprint density at radius 1 is 1.04 bits per heavy atom. The monoisotopic (exact) mass is 360 g/mol. The Morgan fingerprint density at radius 2 is 1.72 bits per heavy atom. The zero-order valence-corrected chi connectivity index (χ0v) is 15.5. The SMILES string of the molecule is Cc1cc(OCNC(=O)NCCCCc2ccccc2)cc(C)c1Cl. The van der Waals surface area contributed by atoms with Gasteiger partial charge in [-0.05, 0) is 61.9 Å². The highest BCUT2D eigenvalue weighted by Gasteiger charge is 2.04. The fourth-order valence-corrected chi connectivity index (χ4v) is 2.65. The molecule has 0 aliphatic heterocycles. The molecule has 0 saturated carbocycles. The normalized spacial score (nSPS) is 10.4. The van der Waals surface area contributed by atoms with E-state index in [1.165, 1.54) is 5.56 Å². The maximum atomic E-state index is 11.7. The first kappa shape index (κ1) is 19.1. The summed E-state index contributed by atoms with van der Waals surface area (Å²) >= 11 is 6.12. The van der Waals surface area contributed by atoms with Crippen molar-refractivity contribution >= 4 is 17.6 Å². The number of ether oxygens (including phenoxy) is 1. The highest BCUT2D eigenvalue weighted by molar-refractivity contribution is 6.32. The number of amides is 2. The van der Waals surface area contributed by atoms with Crippen LogP contribution in [0.2, 0.25) is 5.02 Å². The van der Waals surface area contributed by atoms with Gasteiger partial charge in [-0.25, -0.2) is 4.79 Å². The minimum Gasteiger partial charge on any atom is -0.473 e. The number of urea groups is 1. The summed E-state index contributed by atoms with van der Waals surface area (Å²) in [6.07, 6.45) is 3.02. The number of hydrogen-bond donors (Lipinski definition) is 2. The van der Waals surface area contributed by atoms with Gasteiger partial charge >= 0.3 is 6.03 Å². The van der Waals surface area contributed by atoms with Crippen LogP contribution in [0, 0.1) is 13.8 Å². The maximum Gasteiger partial charge on any atom is 0.317 e. The fourth-order valence-electron chi connectivity index (χ4n) is 2.54. The average Bonchev–Trinajstić information content (AvgIpc) is 2.60. The van der Waals surface area contributed by atoms with Gasteiger partial charge in [0.1, 0.15) is 5.75 Å². The fraction of sp³-hybridized carbons (Fsp3) is 0.350. The van der Waals surface area contributed by atoms with Crippen molar-refractivity contribution in [1.82, 2.24) is 10.6 Å². The lowest BCUT2D eigenvalue weighted by Gasteiger charge is -2.11. The van der Waals surface area contributed by atoms with E-state index in [1.807, 2.05) is 44.2 Å². The lowest BCUT2D eigenvalue weighted by atomic mass is 10.1. The van der Waals surface area contributed by atoms with E-state index in [0.717, 1.165) is 35.4 Å². The van der Waals surface area contributed by atoms with Gasteiger partial charge in [0, 0.05) is 11.6 Å². The molecule has 0 fully saturated rings. The van der Waals surface area contributed by atoms with E-state index in [0.29, 0.717) is 12.3 Å². The summed E-state index contributed by atoms with van der Waals surface area (Å²) in [7, 11) is 0. The zero-order chi connectivity index (χ0) is 18.1. The van der Waals surface area contributed by atoms with Crippen LogP contribution in [0.5, 0.6) is 5.75 Å². The molecular formula is C20H25ClN2O2. The van der Waals surface area contributed by atoms with Gasteiger partial charge in [0.15, 0.2) is 6.73 Å². The van der Waals surface area contributed by atoms with Gasteiger partial charge in [0.05, 0.1) is 0 Å². The molecule has 0 aliphatic carbocycles. The Hall–Kier alpha value is -2.20. The minimum atomic E-state index is -0.220. The summed E-state index contributed by atoms with van der Waals surface area (Å²) in [5.74, 6) is 0.697.